The van der Waals surface area contributed by atoms with Crippen LogP contribution in [0.25, 0.3) is 0 Å². The number of rotatable bonds is 7. The molecule has 0 fully saturated rings. The lowest BCUT2D eigenvalue weighted by Crippen LogP contribution is -2.26. The van der Waals surface area contributed by atoms with Crippen LogP contribution in [0.4, 0.5) is 0 Å². The average molecular weight is 477 g/mol. The summed E-state index contributed by atoms with van der Waals surface area (Å²) in [5.41, 5.74) is 0.617. The van der Waals surface area contributed by atoms with Crippen LogP contribution in [0.5, 0.6) is 5.75 Å². The lowest BCUT2D eigenvalue weighted by atomic mass is 10.3. The Morgan fingerprint density at radius 1 is 1.17 bits per heavy atom. The molecule has 3 aromatic rings. The first-order valence-electron chi connectivity index (χ1n) is 8.61. The number of furan rings is 1. The maximum atomic E-state index is 12.6. The van der Waals surface area contributed by atoms with Crippen LogP contribution < -0.4 is 4.74 Å². The molecule has 1 amide bonds. The van der Waals surface area contributed by atoms with Gasteiger partial charge in [0, 0.05) is 24.8 Å². The van der Waals surface area contributed by atoms with E-state index in [1.165, 1.54) is 17.0 Å². The zero-order valence-corrected chi connectivity index (χ0v) is 18.6. The number of carbonyl (C=O) groups is 1. The van der Waals surface area contributed by atoms with Crippen LogP contribution in [0.1, 0.15) is 28.9 Å². The number of halogens is 4. The van der Waals surface area contributed by atoms with Gasteiger partial charge in [-0.05, 0) is 31.2 Å². The van der Waals surface area contributed by atoms with Gasteiger partial charge in [0.1, 0.15) is 18.1 Å². The summed E-state index contributed by atoms with van der Waals surface area (Å²) >= 11 is 24.2. The number of aromatic nitrogens is 2. The first-order chi connectivity index (χ1) is 13.8. The number of benzene rings is 1. The van der Waals surface area contributed by atoms with Crippen molar-refractivity contribution in [2.45, 2.75) is 26.6 Å². The Kier molecular flexibility index (Phi) is 7.01. The van der Waals surface area contributed by atoms with E-state index in [9.17, 15) is 4.79 Å². The van der Waals surface area contributed by atoms with Crippen molar-refractivity contribution in [1.29, 1.82) is 0 Å². The third-order valence-corrected chi connectivity index (χ3v) is 5.13. The van der Waals surface area contributed by atoms with Crippen molar-refractivity contribution in [3.63, 3.8) is 0 Å². The van der Waals surface area contributed by atoms with Gasteiger partial charge in [0.2, 0.25) is 0 Å². The highest BCUT2D eigenvalue weighted by molar-refractivity contribution is 6.40. The minimum Gasteiger partial charge on any atom is -0.483 e. The third-order valence-electron chi connectivity index (χ3n) is 4.04. The Morgan fingerprint density at radius 3 is 2.48 bits per heavy atom. The molecule has 0 aliphatic carbocycles. The summed E-state index contributed by atoms with van der Waals surface area (Å²) < 4.78 is 12.9. The molecule has 2 heterocycles. The van der Waals surface area contributed by atoms with Crippen LogP contribution >= 0.6 is 46.4 Å². The Balaban J connectivity index is 1.64. The number of hydrogen-bond donors (Lipinski definition) is 0. The molecule has 0 bridgehead atoms. The van der Waals surface area contributed by atoms with Gasteiger partial charge in [0.25, 0.3) is 5.91 Å². The monoisotopic (exact) mass is 475 g/mol. The number of hydrogen-bond acceptors (Lipinski definition) is 4. The standard InChI is InChI=1S/C19H17Cl4N3O3/c1-3-26-8-15(23)16(24-26)9-25(2)19(27)17-5-4-12(29-17)10-28-18-13(21)6-11(20)7-14(18)22/h4-8H,3,9-10H2,1-2H3. The van der Waals surface area contributed by atoms with E-state index in [4.69, 9.17) is 55.6 Å². The van der Waals surface area contributed by atoms with Crippen LogP contribution in [0, 0.1) is 0 Å². The van der Waals surface area contributed by atoms with Gasteiger partial charge in [-0.15, -0.1) is 0 Å². The first-order valence-corrected chi connectivity index (χ1v) is 10.1. The van der Waals surface area contributed by atoms with E-state index in [2.05, 4.69) is 5.10 Å². The molecule has 0 spiro atoms. The van der Waals surface area contributed by atoms with Crippen molar-refractivity contribution in [2.75, 3.05) is 7.05 Å². The molecular formula is C19H17Cl4N3O3. The van der Waals surface area contributed by atoms with E-state index in [1.54, 1.807) is 30.1 Å². The summed E-state index contributed by atoms with van der Waals surface area (Å²) in [6.45, 7) is 2.96. The van der Waals surface area contributed by atoms with Gasteiger partial charge in [-0.1, -0.05) is 46.4 Å². The molecule has 0 aliphatic heterocycles. The summed E-state index contributed by atoms with van der Waals surface area (Å²) in [5, 5.41) is 5.83. The SMILES string of the molecule is CCn1cc(Cl)c(CN(C)C(=O)c2ccc(COc3c(Cl)cc(Cl)cc3Cl)o2)n1. The van der Waals surface area contributed by atoms with Crippen molar-refractivity contribution >= 4 is 52.3 Å². The normalized spacial score (nSPS) is 11.0. The van der Waals surface area contributed by atoms with Gasteiger partial charge < -0.3 is 14.1 Å². The van der Waals surface area contributed by atoms with E-state index in [1.807, 2.05) is 6.92 Å². The van der Waals surface area contributed by atoms with E-state index in [0.717, 1.165) is 0 Å². The topological polar surface area (TPSA) is 60.5 Å². The van der Waals surface area contributed by atoms with Crippen LogP contribution in [-0.2, 0) is 19.7 Å². The van der Waals surface area contributed by atoms with Gasteiger partial charge in [-0.2, -0.15) is 5.10 Å². The number of nitrogens with zero attached hydrogens (tertiary/aromatic N) is 3. The minimum atomic E-state index is -0.305. The van der Waals surface area contributed by atoms with Crippen molar-refractivity contribution in [1.82, 2.24) is 14.7 Å². The smallest absolute Gasteiger partial charge is 0.289 e. The molecule has 1 aromatic carbocycles. The van der Waals surface area contributed by atoms with Gasteiger partial charge in [-0.3, -0.25) is 9.48 Å². The fourth-order valence-electron chi connectivity index (χ4n) is 2.57. The highest BCUT2D eigenvalue weighted by atomic mass is 35.5. The predicted octanol–water partition coefficient (Wildman–Crippen LogP) is 5.96. The second kappa shape index (κ2) is 9.30. The second-order valence-corrected chi connectivity index (χ2v) is 7.85. The molecule has 10 heteroatoms. The molecule has 2 aromatic heterocycles. The first kappa shape index (κ1) is 21.8. The lowest BCUT2D eigenvalue weighted by molar-refractivity contribution is 0.0747. The van der Waals surface area contributed by atoms with Gasteiger partial charge >= 0.3 is 0 Å². The lowest BCUT2D eigenvalue weighted by Gasteiger charge is -2.14. The quantitative estimate of drug-likeness (QED) is 0.422. The van der Waals surface area contributed by atoms with E-state index in [0.29, 0.717) is 33.8 Å². The highest BCUT2D eigenvalue weighted by Crippen LogP contribution is 2.36. The fraction of sp³-hybridized carbons (Fsp3) is 0.263. The van der Waals surface area contributed by atoms with E-state index >= 15 is 0 Å². The summed E-state index contributed by atoms with van der Waals surface area (Å²) in [7, 11) is 1.65. The van der Waals surface area contributed by atoms with Gasteiger partial charge in [0.15, 0.2) is 11.5 Å². The molecule has 29 heavy (non-hydrogen) atoms. The molecule has 0 N–H and O–H groups in total. The maximum Gasteiger partial charge on any atom is 0.289 e. The van der Waals surface area contributed by atoms with Gasteiger partial charge in [0.05, 0.1) is 21.6 Å². The van der Waals surface area contributed by atoms with E-state index in [-0.39, 0.29) is 34.9 Å². The van der Waals surface area contributed by atoms with Crippen molar-refractivity contribution in [3.05, 3.63) is 67.8 Å². The molecule has 0 saturated carbocycles. The van der Waals surface area contributed by atoms with Crippen molar-refractivity contribution < 1.29 is 13.9 Å². The zero-order chi connectivity index (χ0) is 21.1. The molecule has 0 unspecified atom stereocenters. The largest absolute Gasteiger partial charge is 0.483 e. The summed E-state index contributed by atoms with van der Waals surface area (Å²) in [5.74, 6) is 0.601. The number of carbonyl (C=O) groups excluding carboxylic acids is 1. The van der Waals surface area contributed by atoms with E-state index < -0.39 is 0 Å². The summed E-state index contributed by atoms with van der Waals surface area (Å²) in [4.78, 5) is 14.1. The zero-order valence-electron chi connectivity index (χ0n) is 15.6. The molecule has 154 valence electrons. The predicted molar refractivity (Wildman–Crippen MR) is 113 cm³/mol. The Hall–Kier alpha value is -1.86. The Morgan fingerprint density at radius 2 is 1.86 bits per heavy atom. The van der Waals surface area contributed by atoms with Crippen molar-refractivity contribution in [2.24, 2.45) is 0 Å². The molecule has 0 aliphatic rings. The number of aryl methyl sites for hydroxylation is 1. The highest BCUT2D eigenvalue weighted by Gasteiger charge is 2.19. The Bertz CT molecular complexity index is 1010. The second-order valence-electron chi connectivity index (χ2n) is 6.19. The summed E-state index contributed by atoms with van der Waals surface area (Å²) in [6, 6.07) is 6.29. The van der Waals surface area contributed by atoms with Crippen LogP contribution in [0.15, 0.2) is 34.9 Å². The molecule has 0 saturated heterocycles. The van der Waals surface area contributed by atoms with Gasteiger partial charge in [-0.25, -0.2) is 0 Å². The third kappa shape index (κ3) is 5.20. The van der Waals surface area contributed by atoms with Crippen LogP contribution in [0.3, 0.4) is 0 Å². The average Bonchev–Trinajstić information content (AvgIpc) is 3.27. The van der Waals surface area contributed by atoms with Crippen molar-refractivity contribution in [3.8, 4) is 5.75 Å². The van der Waals surface area contributed by atoms with Crippen LogP contribution in [0.2, 0.25) is 20.1 Å². The summed E-state index contributed by atoms with van der Waals surface area (Å²) in [6.07, 6.45) is 1.73. The minimum absolute atomic E-state index is 0.0464. The molecule has 0 atom stereocenters. The molecular weight excluding hydrogens is 460 g/mol. The molecule has 6 nitrogen and oxygen atoms in total. The maximum absolute atomic E-state index is 12.6. The molecule has 0 radical (unpaired) electrons. The number of amides is 1. The van der Waals surface area contributed by atoms with Crippen LogP contribution in [-0.4, -0.2) is 27.6 Å². The molecule has 3 rings (SSSR count). The fourth-order valence-corrected chi connectivity index (χ4v) is 3.71. The Labute approximate surface area is 187 Å². The number of ether oxygens (including phenoxy) is 1.